The summed E-state index contributed by atoms with van der Waals surface area (Å²) in [6.07, 6.45) is 0. The number of carbonyl (C=O) groups is 1. The third-order valence-corrected chi connectivity index (χ3v) is 3.26. The normalized spacial score (nSPS) is 10.4. The van der Waals surface area contributed by atoms with Gasteiger partial charge in [-0.2, -0.15) is 0 Å². The van der Waals surface area contributed by atoms with Crippen molar-refractivity contribution in [1.82, 2.24) is 10.2 Å². The molecule has 0 aliphatic heterocycles. The van der Waals surface area contributed by atoms with Crippen molar-refractivity contribution in [2.24, 2.45) is 0 Å². The fourth-order valence-corrected chi connectivity index (χ4v) is 1.85. The molecule has 0 radical (unpaired) electrons. The van der Waals surface area contributed by atoms with E-state index in [4.69, 9.17) is 0 Å². The topological polar surface area (TPSA) is 35.6 Å². The molecular formula is C11H15I2N3O. The Bertz CT molecular complexity index is 383. The third-order valence-electron chi connectivity index (χ3n) is 2.15. The van der Waals surface area contributed by atoms with Crippen molar-refractivity contribution in [3.8, 4) is 0 Å². The molecule has 0 saturated carbocycles. The number of rotatable bonds is 5. The standard InChI is InChI=1S/C11H15I2N3O/c1-15(2)7-6-14-11(17)9-4-3-5-10(8-9)16(12)13/h3-5,8H,6-7H2,1-2H3,(H,14,17). The zero-order valence-corrected chi connectivity index (χ0v) is 14.1. The molecule has 0 spiro atoms. The minimum absolute atomic E-state index is 0.0247. The number of nitrogens with zero attached hydrogens (tertiary/aromatic N) is 2. The summed E-state index contributed by atoms with van der Waals surface area (Å²) in [6, 6.07) is 7.56. The SMILES string of the molecule is CN(C)CCNC(=O)c1cccc(N(I)I)c1. The minimum Gasteiger partial charge on any atom is -0.351 e. The first-order valence-corrected chi connectivity index (χ1v) is 7.08. The Morgan fingerprint density at radius 3 is 2.65 bits per heavy atom. The van der Waals surface area contributed by atoms with Crippen LogP contribution in [0, 0.1) is 0 Å². The summed E-state index contributed by atoms with van der Waals surface area (Å²) in [7, 11) is 3.97. The monoisotopic (exact) mass is 459 g/mol. The van der Waals surface area contributed by atoms with Crippen LogP contribution in [-0.2, 0) is 0 Å². The molecule has 0 fully saturated rings. The molecule has 4 nitrogen and oxygen atoms in total. The Kier molecular flexibility index (Phi) is 6.49. The maximum Gasteiger partial charge on any atom is 0.251 e. The maximum absolute atomic E-state index is 11.8. The Balaban J connectivity index is 2.59. The van der Waals surface area contributed by atoms with Gasteiger partial charge < -0.3 is 10.2 Å². The second-order valence-corrected chi connectivity index (χ2v) is 7.62. The Morgan fingerprint density at radius 2 is 2.06 bits per heavy atom. The minimum atomic E-state index is -0.0247. The van der Waals surface area contributed by atoms with Gasteiger partial charge in [-0.1, -0.05) is 6.07 Å². The van der Waals surface area contributed by atoms with Gasteiger partial charge in [-0.3, -0.25) is 6.12 Å². The quantitative estimate of drug-likeness (QED) is 0.544. The molecule has 94 valence electrons. The lowest BCUT2D eigenvalue weighted by Crippen LogP contribution is -2.31. The fourth-order valence-electron chi connectivity index (χ4n) is 1.25. The second-order valence-electron chi connectivity index (χ2n) is 3.84. The zero-order chi connectivity index (χ0) is 12.8. The van der Waals surface area contributed by atoms with Gasteiger partial charge in [0.25, 0.3) is 5.91 Å². The van der Waals surface area contributed by atoms with E-state index in [-0.39, 0.29) is 5.91 Å². The first-order chi connectivity index (χ1) is 8.00. The van der Waals surface area contributed by atoms with E-state index >= 15 is 0 Å². The number of halogens is 2. The van der Waals surface area contributed by atoms with Crippen molar-refractivity contribution in [2.75, 3.05) is 28.5 Å². The summed E-state index contributed by atoms with van der Waals surface area (Å²) in [4.78, 5) is 13.9. The van der Waals surface area contributed by atoms with Crippen LogP contribution in [0.3, 0.4) is 0 Å². The number of nitrogens with one attached hydrogen (secondary N) is 1. The zero-order valence-electron chi connectivity index (χ0n) is 9.78. The van der Waals surface area contributed by atoms with Crippen LogP contribution in [0.15, 0.2) is 24.3 Å². The van der Waals surface area contributed by atoms with E-state index in [9.17, 15) is 4.79 Å². The number of amides is 1. The number of anilines is 1. The predicted octanol–water partition coefficient (Wildman–Crippen LogP) is 2.48. The highest BCUT2D eigenvalue weighted by molar-refractivity contribution is 14.2. The molecule has 0 aromatic heterocycles. The van der Waals surface area contributed by atoms with Gasteiger partial charge in [0, 0.05) is 18.7 Å². The Labute approximate surface area is 130 Å². The third kappa shape index (κ3) is 5.38. The molecule has 17 heavy (non-hydrogen) atoms. The molecule has 1 aromatic rings. The van der Waals surface area contributed by atoms with Crippen molar-refractivity contribution < 1.29 is 4.79 Å². The molecule has 1 aromatic carbocycles. The van der Waals surface area contributed by atoms with Crippen molar-refractivity contribution >= 4 is 57.3 Å². The van der Waals surface area contributed by atoms with E-state index in [2.05, 4.69) is 51.0 Å². The van der Waals surface area contributed by atoms with E-state index in [1.165, 1.54) is 0 Å². The van der Waals surface area contributed by atoms with Crippen LogP contribution in [0.5, 0.6) is 0 Å². The fraction of sp³-hybridized carbons (Fsp3) is 0.364. The molecule has 0 atom stereocenters. The first kappa shape index (κ1) is 15.0. The predicted molar refractivity (Wildman–Crippen MR) is 87.8 cm³/mol. The van der Waals surface area contributed by atoms with Gasteiger partial charge in [-0.25, -0.2) is 0 Å². The van der Waals surface area contributed by atoms with Crippen LogP contribution < -0.4 is 6.64 Å². The van der Waals surface area contributed by atoms with Gasteiger partial charge >= 0.3 is 0 Å². The average Bonchev–Trinajstić information content (AvgIpc) is 2.28. The largest absolute Gasteiger partial charge is 0.351 e. The van der Waals surface area contributed by atoms with Gasteiger partial charge in [0.05, 0.1) is 51.4 Å². The molecular weight excluding hydrogens is 444 g/mol. The lowest BCUT2D eigenvalue weighted by molar-refractivity contribution is 0.0951. The first-order valence-electron chi connectivity index (χ1n) is 5.15. The van der Waals surface area contributed by atoms with E-state index in [1.807, 2.05) is 44.6 Å². The molecule has 1 amide bonds. The molecule has 6 heteroatoms. The average molecular weight is 459 g/mol. The number of benzene rings is 1. The highest BCUT2D eigenvalue weighted by Gasteiger charge is 2.07. The smallest absolute Gasteiger partial charge is 0.251 e. The van der Waals surface area contributed by atoms with Crippen LogP contribution in [0.2, 0.25) is 0 Å². The van der Waals surface area contributed by atoms with Crippen molar-refractivity contribution in [2.45, 2.75) is 0 Å². The Morgan fingerprint density at radius 1 is 1.35 bits per heavy atom. The lowest BCUT2D eigenvalue weighted by Gasteiger charge is -2.12. The van der Waals surface area contributed by atoms with E-state index in [0.717, 1.165) is 12.2 Å². The van der Waals surface area contributed by atoms with Gasteiger partial charge in [-0.05, 0) is 32.3 Å². The summed E-state index contributed by atoms with van der Waals surface area (Å²) < 4.78 is 1.92. The summed E-state index contributed by atoms with van der Waals surface area (Å²) in [6.45, 7) is 1.50. The number of hydrogen-bond acceptors (Lipinski definition) is 3. The summed E-state index contributed by atoms with van der Waals surface area (Å²) in [5.41, 5.74) is 1.70. The highest BCUT2D eigenvalue weighted by Crippen LogP contribution is 2.23. The van der Waals surface area contributed by atoms with E-state index in [0.29, 0.717) is 12.1 Å². The molecule has 0 unspecified atom stereocenters. The van der Waals surface area contributed by atoms with Crippen molar-refractivity contribution in [3.63, 3.8) is 0 Å². The van der Waals surface area contributed by atoms with E-state index < -0.39 is 0 Å². The van der Waals surface area contributed by atoms with E-state index in [1.54, 1.807) is 0 Å². The molecule has 1 N–H and O–H groups in total. The van der Waals surface area contributed by atoms with Crippen molar-refractivity contribution in [3.05, 3.63) is 29.8 Å². The van der Waals surface area contributed by atoms with Crippen molar-refractivity contribution in [1.29, 1.82) is 0 Å². The maximum atomic E-state index is 11.8. The molecule has 0 aliphatic rings. The highest BCUT2D eigenvalue weighted by atomic mass is 127. The van der Waals surface area contributed by atoms with Gasteiger partial charge in [0.15, 0.2) is 0 Å². The van der Waals surface area contributed by atoms with Gasteiger partial charge in [-0.15, -0.1) is 0 Å². The van der Waals surface area contributed by atoms with Crippen LogP contribution in [-0.4, -0.2) is 38.0 Å². The number of carbonyl (C=O) groups excluding carboxylic acids is 1. The van der Waals surface area contributed by atoms with Gasteiger partial charge in [0.2, 0.25) is 0 Å². The Hall–Kier alpha value is -0.0900. The number of likely N-dealkylation sites (N-methyl/N-ethyl adjacent to an activating group) is 1. The lowest BCUT2D eigenvalue weighted by atomic mass is 10.2. The van der Waals surface area contributed by atoms with Crippen LogP contribution >= 0.6 is 45.7 Å². The molecule has 0 heterocycles. The van der Waals surface area contributed by atoms with Crippen LogP contribution in [0.4, 0.5) is 5.69 Å². The molecule has 1 rings (SSSR count). The number of hydrogen-bond donors (Lipinski definition) is 1. The summed E-state index contributed by atoms with van der Waals surface area (Å²) in [5, 5.41) is 2.89. The summed E-state index contributed by atoms with van der Waals surface area (Å²) >= 11 is 4.33. The molecule has 0 saturated heterocycles. The van der Waals surface area contributed by atoms with Crippen LogP contribution in [0.25, 0.3) is 0 Å². The molecule has 0 aliphatic carbocycles. The molecule has 0 bridgehead atoms. The van der Waals surface area contributed by atoms with Gasteiger partial charge in [0.1, 0.15) is 0 Å². The second kappa shape index (κ2) is 7.37. The van der Waals surface area contributed by atoms with Crippen LogP contribution in [0.1, 0.15) is 10.4 Å². The summed E-state index contributed by atoms with van der Waals surface area (Å²) in [5.74, 6) is -0.0247.